The summed E-state index contributed by atoms with van der Waals surface area (Å²) in [6, 6.07) is 12.2. The Bertz CT molecular complexity index is 1030. The minimum absolute atomic E-state index is 0.0360. The number of carboxylic acids is 1. The first-order valence-electron chi connectivity index (χ1n) is 10.1. The van der Waals surface area contributed by atoms with Crippen molar-refractivity contribution in [1.82, 2.24) is 0 Å². The minimum atomic E-state index is -1.12. The van der Waals surface area contributed by atoms with Crippen LogP contribution in [0, 0.1) is 22.6 Å². The Balaban J connectivity index is 1.47. The predicted molar refractivity (Wildman–Crippen MR) is 115 cm³/mol. The molecular weight excluding hydrogens is 405 g/mol. The molecule has 0 amide bonds. The largest absolute Gasteiger partial charge is 0.478 e. The summed E-state index contributed by atoms with van der Waals surface area (Å²) in [5.74, 6) is -1.61. The van der Waals surface area contributed by atoms with Crippen LogP contribution in [0.15, 0.2) is 36.4 Å². The van der Waals surface area contributed by atoms with Gasteiger partial charge in [-0.15, -0.1) is 0 Å². The summed E-state index contributed by atoms with van der Waals surface area (Å²) in [5.41, 5.74) is 2.10. The van der Waals surface area contributed by atoms with E-state index in [2.05, 4.69) is 17.9 Å². The van der Waals surface area contributed by atoms with E-state index in [1.165, 1.54) is 6.07 Å². The second-order valence-corrected chi connectivity index (χ2v) is 8.82. The van der Waals surface area contributed by atoms with E-state index in [9.17, 15) is 9.18 Å². The topological polar surface area (TPSA) is 67.6 Å². The zero-order chi connectivity index (χ0) is 21.5. The third-order valence-corrected chi connectivity index (χ3v) is 6.84. The van der Waals surface area contributed by atoms with Gasteiger partial charge in [-0.05, 0) is 68.0 Å². The van der Waals surface area contributed by atoms with Gasteiger partial charge in [-0.3, -0.25) is 0 Å². The van der Waals surface area contributed by atoms with Crippen LogP contribution in [-0.4, -0.2) is 36.8 Å². The van der Waals surface area contributed by atoms with Crippen molar-refractivity contribution in [3.8, 4) is 6.07 Å². The molecule has 156 valence electrons. The summed E-state index contributed by atoms with van der Waals surface area (Å²) in [7, 11) is 0. The van der Waals surface area contributed by atoms with E-state index in [1.54, 1.807) is 12.1 Å². The molecular formula is C23H23ClFN3O2. The molecule has 2 fully saturated rings. The van der Waals surface area contributed by atoms with Crippen LogP contribution in [0.5, 0.6) is 0 Å². The third-order valence-electron chi connectivity index (χ3n) is 6.53. The number of rotatable bonds is 3. The Kier molecular flexibility index (Phi) is 5.33. The van der Waals surface area contributed by atoms with Crippen molar-refractivity contribution < 1.29 is 14.3 Å². The molecule has 2 aromatic carbocycles. The van der Waals surface area contributed by atoms with Crippen LogP contribution in [-0.2, 0) is 0 Å². The number of nitriles is 1. The number of hydrogen-bond acceptors (Lipinski definition) is 4. The van der Waals surface area contributed by atoms with Gasteiger partial charge in [0.1, 0.15) is 11.9 Å². The minimum Gasteiger partial charge on any atom is -0.478 e. The summed E-state index contributed by atoms with van der Waals surface area (Å²) in [5, 5.41) is 18.6. The highest BCUT2D eigenvalue weighted by Gasteiger charge is 2.44. The van der Waals surface area contributed by atoms with Gasteiger partial charge in [0, 0.05) is 31.4 Å². The molecule has 0 bridgehead atoms. The fourth-order valence-corrected chi connectivity index (χ4v) is 5.14. The van der Waals surface area contributed by atoms with Gasteiger partial charge >= 0.3 is 5.97 Å². The van der Waals surface area contributed by atoms with Gasteiger partial charge in [0.2, 0.25) is 0 Å². The number of halogens is 2. The summed E-state index contributed by atoms with van der Waals surface area (Å²) in [6.07, 6.45) is 2.94. The number of anilines is 2. The molecule has 0 radical (unpaired) electrons. The van der Waals surface area contributed by atoms with Gasteiger partial charge in [0.25, 0.3) is 0 Å². The highest BCUT2D eigenvalue weighted by atomic mass is 35.5. The number of piperidine rings is 1. The van der Waals surface area contributed by atoms with Crippen molar-refractivity contribution in [2.75, 3.05) is 29.4 Å². The Hall–Kier alpha value is -2.78. The summed E-state index contributed by atoms with van der Waals surface area (Å²) in [4.78, 5) is 15.4. The van der Waals surface area contributed by atoms with Crippen molar-refractivity contribution in [3.05, 3.63) is 58.4 Å². The molecule has 2 aromatic rings. The third kappa shape index (κ3) is 3.70. The smallest absolute Gasteiger partial charge is 0.335 e. The Morgan fingerprint density at radius 2 is 2.00 bits per heavy atom. The molecule has 0 aromatic heterocycles. The molecule has 5 nitrogen and oxygen atoms in total. The zero-order valence-corrected chi connectivity index (χ0v) is 17.5. The Morgan fingerprint density at radius 3 is 2.60 bits per heavy atom. The molecule has 1 spiro atoms. The number of carboxylic acid groups (broad SMARTS) is 1. The van der Waals surface area contributed by atoms with Crippen LogP contribution < -0.4 is 9.80 Å². The highest BCUT2D eigenvalue weighted by molar-refractivity contribution is 6.32. The van der Waals surface area contributed by atoms with E-state index in [1.807, 2.05) is 17.0 Å². The molecule has 0 aliphatic carbocycles. The fraction of sp³-hybridized carbons (Fsp3) is 0.391. The maximum atomic E-state index is 14.5. The molecule has 2 aliphatic rings. The average molecular weight is 428 g/mol. The van der Waals surface area contributed by atoms with Crippen molar-refractivity contribution >= 4 is 28.9 Å². The average Bonchev–Trinajstić information content (AvgIpc) is 3.04. The fourth-order valence-electron chi connectivity index (χ4n) is 4.92. The SMILES string of the molecule is CC1CC2(CCN(c3ccc(C(=O)O)cc3F)CC2)CN1c1ccc(C#N)c(Cl)c1. The normalized spacial score (nSPS) is 20.4. The van der Waals surface area contributed by atoms with Crippen LogP contribution in [0.2, 0.25) is 5.02 Å². The lowest BCUT2D eigenvalue weighted by atomic mass is 9.76. The molecule has 4 rings (SSSR count). The van der Waals surface area contributed by atoms with Gasteiger partial charge in [-0.1, -0.05) is 11.6 Å². The van der Waals surface area contributed by atoms with Crippen molar-refractivity contribution in [1.29, 1.82) is 5.26 Å². The molecule has 30 heavy (non-hydrogen) atoms. The molecule has 1 N–H and O–H groups in total. The van der Waals surface area contributed by atoms with E-state index in [0.717, 1.165) is 50.7 Å². The molecule has 7 heteroatoms. The van der Waals surface area contributed by atoms with Gasteiger partial charge in [0.15, 0.2) is 0 Å². The first-order chi connectivity index (χ1) is 14.3. The first kappa shape index (κ1) is 20.5. The molecule has 2 aliphatic heterocycles. The van der Waals surface area contributed by atoms with Crippen molar-refractivity contribution in [2.24, 2.45) is 5.41 Å². The number of benzene rings is 2. The maximum Gasteiger partial charge on any atom is 0.335 e. The molecule has 2 saturated heterocycles. The van der Waals surface area contributed by atoms with Gasteiger partial charge in [0.05, 0.1) is 21.8 Å². The second-order valence-electron chi connectivity index (χ2n) is 8.42. The zero-order valence-electron chi connectivity index (χ0n) is 16.7. The molecule has 0 saturated carbocycles. The van der Waals surface area contributed by atoms with Crippen LogP contribution >= 0.6 is 11.6 Å². The lowest BCUT2D eigenvalue weighted by Gasteiger charge is -2.40. The van der Waals surface area contributed by atoms with Crippen molar-refractivity contribution in [2.45, 2.75) is 32.2 Å². The van der Waals surface area contributed by atoms with Gasteiger partial charge < -0.3 is 14.9 Å². The first-order valence-corrected chi connectivity index (χ1v) is 10.4. The van der Waals surface area contributed by atoms with E-state index in [0.29, 0.717) is 22.3 Å². The van der Waals surface area contributed by atoms with Crippen LogP contribution in [0.1, 0.15) is 42.1 Å². The monoisotopic (exact) mass is 427 g/mol. The number of nitrogens with zero attached hydrogens (tertiary/aromatic N) is 3. The van der Waals surface area contributed by atoms with Gasteiger partial charge in [-0.25, -0.2) is 9.18 Å². The van der Waals surface area contributed by atoms with E-state index in [-0.39, 0.29) is 11.0 Å². The lowest BCUT2D eigenvalue weighted by molar-refractivity contribution is 0.0696. The molecule has 1 unspecified atom stereocenters. The molecule has 2 heterocycles. The maximum absolute atomic E-state index is 14.5. The quantitative estimate of drug-likeness (QED) is 0.751. The number of hydrogen-bond donors (Lipinski definition) is 1. The van der Waals surface area contributed by atoms with Crippen LogP contribution in [0.25, 0.3) is 0 Å². The number of carbonyl (C=O) groups is 1. The lowest BCUT2D eigenvalue weighted by Crippen LogP contribution is -2.42. The second kappa shape index (κ2) is 7.81. The standard InChI is InChI=1S/C23H23ClFN3O2/c1-15-12-23(14-28(15)18-4-2-17(13-26)19(24)11-18)6-8-27(9-7-23)21-5-3-16(22(29)30)10-20(21)25/h2-5,10-11,15H,6-9,12,14H2,1H3,(H,29,30). The van der Waals surface area contributed by atoms with E-state index < -0.39 is 11.8 Å². The van der Waals surface area contributed by atoms with Crippen LogP contribution in [0.3, 0.4) is 0 Å². The van der Waals surface area contributed by atoms with Gasteiger partial charge in [-0.2, -0.15) is 5.26 Å². The van der Waals surface area contributed by atoms with E-state index >= 15 is 0 Å². The summed E-state index contributed by atoms with van der Waals surface area (Å²) >= 11 is 6.24. The Labute approximate surface area is 180 Å². The summed E-state index contributed by atoms with van der Waals surface area (Å²) in [6.45, 7) is 4.58. The predicted octanol–water partition coefficient (Wildman–Crippen LogP) is 4.93. The van der Waals surface area contributed by atoms with Crippen LogP contribution in [0.4, 0.5) is 15.8 Å². The number of aromatic carboxylic acids is 1. The Morgan fingerprint density at radius 1 is 1.27 bits per heavy atom. The van der Waals surface area contributed by atoms with Crippen molar-refractivity contribution in [3.63, 3.8) is 0 Å². The highest BCUT2D eigenvalue weighted by Crippen LogP contribution is 2.46. The molecule has 1 atom stereocenters. The summed E-state index contributed by atoms with van der Waals surface area (Å²) < 4.78 is 14.5. The van der Waals surface area contributed by atoms with E-state index in [4.69, 9.17) is 22.0 Å².